The number of rotatable bonds is 2. The first-order valence-corrected chi connectivity index (χ1v) is 7.48. The number of piperazine rings is 1. The van der Waals surface area contributed by atoms with Crippen molar-refractivity contribution in [3.8, 4) is 0 Å². The summed E-state index contributed by atoms with van der Waals surface area (Å²) in [6.45, 7) is 7.26. The minimum absolute atomic E-state index is 0.206. The van der Waals surface area contributed by atoms with Gasteiger partial charge in [-0.2, -0.15) is 0 Å². The van der Waals surface area contributed by atoms with Crippen molar-refractivity contribution < 1.29 is 23.9 Å². The lowest BCUT2D eigenvalue weighted by Crippen LogP contribution is -2.62. The Hall–Kier alpha value is -2.01. The number of hydrogen-bond acceptors (Lipinski definition) is 6. The molecule has 0 unspecified atom stereocenters. The molecule has 22 heavy (non-hydrogen) atoms. The molecule has 7 nitrogen and oxygen atoms in total. The highest BCUT2D eigenvalue weighted by atomic mass is 16.6. The van der Waals surface area contributed by atoms with Gasteiger partial charge in [-0.1, -0.05) is 0 Å². The van der Waals surface area contributed by atoms with Crippen molar-refractivity contribution in [2.45, 2.75) is 64.3 Å². The zero-order valence-electron chi connectivity index (χ0n) is 13.3. The number of nitrogens with zero attached hydrogens (tertiary/aromatic N) is 1. The average Bonchev–Trinajstić information content (AvgIpc) is 2.75. The molecule has 0 aliphatic carbocycles. The molecule has 0 aromatic rings. The van der Waals surface area contributed by atoms with Crippen molar-refractivity contribution in [2.75, 3.05) is 6.61 Å². The van der Waals surface area contributed by atoms with Crippen molar-refractivity contribution in [2.24, 2.45) is 0 Å². The van der Waals surface area contributed by atoms with E-state index in [4.69, 9.17) is 9.47 Å². The molecule has 2 heterocycles. The summed E-state index contributed by atoms with van der Waals surface area (Å²) < 4.78 is 10.4. The molecule has 3 atom stereocenters. The molecule has 0 aromatic carbocycles. The van der Waals surface area contributed by atoms with Crippen LogP contribution in [0, 0.1) is 0 Å². The Morgan fingerprint density at radius 2 is 2.05 bits per heavy atom. The van der Waals surface area contributed by atoms with Crippen LogP contribution in [0.25, 0.3) is 0 Å². The second-order valence-corrected chi connectivity index (χ2v) is 6.44. The molecule has 2 fully saturated rings. The van der Waals surface area contributed by atoms with E-state index in [-0.39, 0.29) is 18.3 Å². The van der Waals surface area contributed by atoms with Gasteiger partial charge in [0.05, 0.1) is 18.7 Å². The van der Waals surface area contributed by atoms with Crippen LogP contribution in [0.15, 0.2) is 5.70 Å². The van der Waals surface area contributed by atoms with Gasteiger partial charge in [-0.05, 0) is 40.5 Å². The highest BCUT2D eigenvalue weighted by Crippen LogP contribution is 2.35. The van der Waals surface area contributed by atoms with E-state index in [1.165, 1.54) is 4.90 Å². The summed E-state index contributed by atoms with van der Waals surface area (Å²) in [6.07, 6.45) is 0.673. The smallest absolute Gasteiger partial charge is 0.411 e. The molecule has 1 amide bonds. The molecule has 2 aliphatic heterocycles. The summed E-state index contributed by atoms with van der Waals surface area (Å²) in [5.41, 5.74) is -0.441. The number of amides is 1. The molecule has 0 radical (unpaired) electrons. The maximum absolute atomic E-state index is 12.4. The number of esters is 1. The van der Waals surface area contributed by atoms with Gasteiger partial charge in [0.2, 0.25) is 0 Å². The van der Waals surface area contributed by atoms with Gasteiger partial charge in [0.15, 0.2) is 0 Å². The minimum Gasteiger partial charge on any atom is -0.464 e. The Morgan fingerprint density at radius 3 is 2.59 bits per heavy atom. The first-order chi connectivity index (χ1) is 10.3. The van der Waals surface area contributed by atoms with E-state index in [0.717, 1.165) is 0 Å². The van der Waals surface area contributed by atoms with Gasteiger partial charge in [0.25, 0.3) is 0 Å². The maximum Gasteiger partial charge on any atom is 0.411 e. The topological polar surface area (TPSA) is 84.9 Å². The van der Waals surface area contributed by atoms with Crippen LogP contribution in [0.3, 0.4) is 0 Å². The number of nitrogens with one attached hydrogen (secondary N) is 1. The SMILES string of the molecule is CCOC(=O)[C@H]1NC(=C=O)[C@@H]2CC[C@@H]1N2C(=O)OC(C)(C)C. The molecule has 2 saturated heterocycles. The summed E-state index contributed by atoms with van der Waals surface area (Å²) in [7, 11) is 0. The lowest BCUT2D eigenvalue weighted by molar-refractivity contribution is -0.147. The summed E-state index contributed by atoms with van der Waals surface area (Å²) in [5, 5.41) is 2.87. The zero-order valence-corrected chi connectivity index (χ0v) is 13.3. The van der Waals surface area contributed by atoms with Crippen LogP contribution < -0.4 is 5.32 Å². The van der Waals surface area contributed by atoms with E-state index < -0.39 is 29.7 Å². The van der Waals surface area contributed by atoms with E-state index in [2.05, 4.69) is 5.32 Å². The van der Waals surface area contributed by atoms with Crippen LogP contribution in [-0.4, -0.2) is 53.2 Å². The molecule has 2 bridgehead atoms. The quantitative estimate of drug-likeness (QED) is 0.605. The summed E-state index contributed by atoms with van der Waals surface area (Å²) >= 11 is 0. The molecular weight excluding hydrogens is 288 g/mol. The predicted octanol–water partition coefficient (Wildman–Crippen LogP) is 1.00. The molecular formula is C15H22N2O5. The van der Waals surface area contributed by atoms with Crippen LogP contribution in [0.2, 0.25) is 0 Å². The number of hydrogen-bond donors (Lipinski definition) is 1. The van der Waals surface area contributed by atoms with Gasteiger partial charge in [0.1, 0.15) is 23.3 Å². The van der Waals surface area contributed by atoms with Gasteiger partial charge in [0, 0.05) is 0 Å². The van der Waals surface area contributed by atoms with Crippen LogP contribution in [-0.2, 0) is 19.1 Å². The van der Waals surface area contributed by atoms with Crippen molar-refractivity contribution in [1.82, 2.24) is 10.2 Å². The van der Waals surface area contributed by atoms with E-state index in [9.17, 15) is 14.4 Å². The van der Waals surface area contributed by atoms with Gasteiger partial charge in [-0.3, -0.25) is 4.90 Å². The van der Waals surface area contributed by atoms with Crippen LogP contribution in [0.5, 0.6) is 0 Å². The third-order valence-electron chi connectivity index (χ3n) is 3.71. The fourth-order valence-electron chi connectivity index (χ4n) is 2.93. The zero-order chi connectivity index (χ0) is 16.5. The van der Waals surface area contributed by atoms with E-state index in [0.29, 0.717) is 12.8 Å². The fraction of sp³-hybridized carbons (Fsp3) is 0.733. The van der Waals surface area contributed by atoms with Gasteiger partial charge in [-0.25, -0.2) is 14.4 Å². The molecule has 2 aliphatic rings. The Labute approximate surface area is 129 Å². The predicted molar refractivity (Wildman–Crippen MR) is 77.6 cm³/mol. The monoisotopic (exact) mass is 310 g/mol. The van der Waals surface area contributed by atoms with E-state index in [1.807, 2.05) is 0 Å². The van der Waals surface area contributed by atoms with Crippen molar-refractivity contribution in [3.63, 3.8) is 0 Å². The lowest BCUT2D eigenvalue weighted by Gasteiger charge is -2.40. The molecule has 0 aromatic heterocycles. The van der Waals surface area contributed by atoms with Gasteiger partial charge >= 0.3 is 12.1 Å². The summed E-state index contributed by atoms with van der Waals surface area (Å²) in [6, 6.07) is -1.55. The number of carbonyl (C=O) groups is 2. The Bertz CT molecular complexity index is 519. The normalized spacial score (nSPS) is 27.0. The third-order valence-corrected chi connectivity index (χ3v) is 3.71. The minimum atomic E-state index is -0.761. The highest BCUT2D eigenvalue weighted by molar-refractivity contribution is 5.81. The highest BCUT2D eigenvalue weighted by Gasteiger charge is 2.51. The second-order valence-electron chi connectivity index (χ2n) is 6.44. The lowest BCUT2D eigenvalue weighted by atomic mass is 10.0. The molecule has 2 rings (SSSR count). The van der Waals surface area contributed by atoms with Crippen molar-refractivity contribution >= 4 is 18.0 Å². The van der Waals surface area contributed by atoms with Crippen molar-refractivity contribution in [1.29, 1.82) is 0 Å². The molecule has 0 saturated carbocycles. The van der Waals surface area contributed by atoms with Gasteiger partial charge in [-0.15, -0.1) is 0 Å². The maximum atomic E-state index is 12.4. The van der Waals surface area contributed by atoms with E-state index >= 15 is 0 Å². The van der Waals surface area contributed by atoms with Crippen LogP contribution >= 0.6 is 0 Å². The van der Waals surface area contributed by atoms with Crippen molar-refractivity contribution in [3.05, 3.63) is 5.70 Å². The Morgan fingerprint density at radius 1 is 1.36 bits per heavy atom. The number of fused-ring (bicyclic) bond motifs is 2. The summed E-state index contributed by atoms with van der Waals surface area (Å²) in [5.74, 6) is 1.33. The van der Waals surface area contributed by atoms with Crippen LogP contribution in [0.4, 0.5) is 4.79 Å². The molecule has 1 N–H and O–H groups in total. The Kier molecular flexibility index (Phi) is 4.47. The molecule has 0 spiro atoms. The molecule has 122 valence electrons. The first kappa shape index (κ1) is 16.4. The van der Waals surface area contributed by atoms with Crippen LogP contribution in [0.1, 0.15) is 40.5 Å². The standard InChI is InChI=1S/C15H22N2O5/c1-5-21-13(19)12-11-7-6-10(9(8-18)16-12)17(11)14(20)22-15(2,3)4/h10-12,16H,5-7H2,1-4H3/t10-,11-,12-/m0/s1. The van der Waals surface area contributed by atoms with E-state index in [1.54, 1.807) is 33.6 Å². The first-order valence-electron chi connectivity index (χ1n) is 7.48. The number of ether oxygens (including phenoxy) is 2. The van der Waals surface area contributed by atoms with Gasteiger partial charge < -0.3 is 14.8 Å². The number of carbonyl (C=O) groups excluding carboxylic acids is 3. The Balaban J connectivity index is 2.28. The second kappa shape index (κ2) is 6.01. The largest absolute Gasteiger partial charge is 0.464 e. The molecule has 7 heteroatoms. The fourth-order valence-corrected chi connectivity index (χ4v) is 2.93. The summed E-state index contributed by atoms with van der Waals surface area (Å²) in [4.78, 5) is 37.2. The average molecular weight is 310 g/mol. The third kappa shape index (κ3) is 3.09.